The van der Waals surface area contributed by atoms with Gasteiger partial charge in [-0.15, -0.1) is 0 Å². The van der Waals surface area contributed by atoms with Gasteiger partial charge in [-0.3, -0.25) is 4.79 Å². The summed E-state index contributed by atoms with van der Waals surface area (Å²) in [7, 11) is 0. The highest BCUT2D eigenvalue weighted by Crippen LogP contribution is 2.41. The Bertz CT molecular complexity index is 993. The lowest BCUT2D eigenvalue weighted by Gasteiger charge is -2.37. The third kappa shape index (κ3) is 2.39. The number of benzene rings is 2. The quantitative estimate of drug-likeness (QED) is 0.738. The number of nitrogens with zero attached hydrogens (tertiary/aromatic N) is 1. The lowest BCUT2D eigenvalue weighted by Crippen LogP contribution is -2.44. The van der Waals surface area contributed by atoms with E-state index < -0.39 is 0 Å². The van der Waals surface area contributed by atoms with Gasteiger partial charge >= 0.3 is 0 Å². The summed E-state index contributed by atoms with van der Waals surface area (Å²) in [6.07, 6.45) is 1.60. The molecule has 2 heterocycles. The summed E-state index contributed by atoms with van der Waals surface area (Å²) in [5.41, 5.74) is 1.89. The van der Waals surface area contributed by atoms with Gasteiger partial charge in [-0.05, 0) is 49.2 Å². The number of fused-ring (bicyclic) bond motifs is 1. The van der Waals surface area contributed by atoms with Gasteiger partial charge in [0, 0.05) is 11.7 Å². The SMILES string of the molecule is O=C1c2ccccc2N[C@@H](c2ccc(-c3ccccc3F)o2)N1C1CC1. The Hall–Kier alpha value is -3.08. The normalized spacial score (nSPS) is 19.2. The van der Waals surface area contributed by atoms with Gasteiger partial charge in [0.1, 0.15) is 17.3 Å². The maximum atomic E-state index is 14.1. The van der Waals surface area contributed by atoms with E-state index in [1.54, 1.807) is 24.3 Å². The van der Waals surface area contributed by atoms with Crippen molar-refractivity contribution in [2.75, 3.05) is 5.32 Å². The first-order valence-electron chi connectivity index (χ1n) is 8.75. The van der Waals surface area contributed by atoms with Crippen molar-refractivity contribution in [3.63, 3.8) is 0 Å². The van der Waals surface area contributed by atoms with Crippen LogP contribution in [0.15, 0.2) is 65.1 Å². The molecule has 1 saturated carbocycles. The van der Waals surface area contributed by atoms with Crippen molar-refractivity contribution >= 4 is 11.6 Å². The molecule has 0 bridgehead atoms. The maximum Gasteiger partial charge on any atom is 0.258 e. The van der Waals surface area contributed by atoms with Gasteiger partial charge < -0.3 is 14.6 Å². The van der Waals surface area contributed by atoms with Crippen molar-refractivity contribution < 1.29 is 13.6 Å². The van der Waals surface area contributed by atoms with Crippen LogP contribution in [0.25, 0.3) is 11.3 Å². The molecule has 5 rings (SSSR count). The van der Waals surface area contributed by atoms with Crippen LogP contribution in [0.2, 0.25) is 0 Å². The van der Waals surface area contributed by atoms with Gasteiger partial charge in [0.15, 0.2) is 6.17 Å². The highest BCUT2D eigenvalue weighted by Gasteiger charge is 2.43. The van der Waals surface area contributed by atoms with E-state index in [4.69, 9.17) is 4.42 Å². The molecule has 0 spiro atoms. The average molecular weight is 348 g/mol. The zero-order valence-corrected chi connectivity index (χ0v) is 14.0. The Balaban J connectivity index is 1.55. The number of amides is 1. The number of para-hydroxylation sites is 1. The van der Waals surface area contributed by atoms with Crippen molar-refractivity contribution in [1.82, 2.24) is 4.90 Å². The molecular weight excluding hydrogens is 331 g/mol. The number of carbonyl (C=O) groups excluding carboxylic acids is 1. The summed E-state index contributed by atoms with van der Waals surface area (Å²) >= 11 is 0. The van der Waals surface area contributed by atoms with E-state index in [1.807, 2.05) is 35.2 Å². The van der Waals surface area contributed by atoms with Crippen LogP contribution in [0.4, 0.5) is 10.1 Å². The van der Waals surface area contributed by atoms with Crippen LogP contribution < -0.4 is 5.32 Å². The van der Waals surface area contributed by atoms with Crippen molar-refractivity contribution in [2.45, 2.75) is 25.0 Å². The van der Waals surface area contributed by atoms with Crippen LogP contribution in [0.5, 0.6) is 0 Å². The molecule has 0 unspecified atom stereocenters. The van der Waals surface area contributed by atoms with E-state index >= 15 is 0 Å². The van der Waals surface area contributed by atoms with Gasteiger partial charge in [0.2, 0.25) is 0 Å². The molecule has 1 aliphatic heterocycles. The third-order valence-electron chi connectivity index (χ3n) is 4.94. The molecule has 3 aromatic rings. The molecule has 1 atom stereocenters. The van der Waals surface area contributed by atoms with E-state index in [0.717, 1.165) is 18.5 Å². The molecule has 1 aliphatic carbocycles. The predicted octanol–water partition coefficient (Wildman–Crippen LogP) is 4.81. The molecule has 1 fully saturated rings. The molecule has 130 valence electrons. The third-order valence-corrected chi connectivity index (χ3v) is 4.94. The molecule has 1 N–H and O–H groups in total. The second-order valence-corrected chi connectivity index (χ2v) is 6.72. The second-order valence-electron chi connectivity index (χ2n) is 6.72. The van der Waals surface area contributed by atoms with E-state index in [0.29, 0.717) is 22.6 Å². The number of furan rings is 1. The first-order valence-corrected chi connectivity index (χ1v) is 8.75. The Labute approximate surface area is 150 Å². The minimum Gasteiger partial charge on any atom is -0.457 e. The van der Waals surface area contributed by atoms with E-state index in [1.165, 1.54) is 6.07 Å². The monoisotopic (exact) mass is 348 g/mol. The van der Waals surface area contributed by atoms with E-state index in [9.17, 15) is 9.18 Å². The highest BCUT2D eigenvalue weighted by molar-refractivity contribution is 6.02. The van der Waals surface area contributed by atoms with Crippen LogP contribution in [0.1, 0.15) is 35.1 Å². The van der Waals surface area contributed by atoms with Crippen molar-refractivity contribution in [3.05, 3.63) is 77.8 Å². The first-order chi connectivity index (χ1) is 12.7. The molecule has 4 nitrogen and oxygen atoms in total. The van der Waals surface area contributed by atoms with E-state index in [2.05, 4.69) is 5.32 Å². The number of carbonyl (C=O) groups is 1. The topological polar surface area (TPSA) is 45.5 Å². The van der Waals surface area contributed by atoms with Crippen LogP contribution in [-0.4, -0.2) is 16.8 Å². The summed E-state index contributed by atoms with van der Waals surface area (Å²) in [5.74, 6) is 0.751. The zero-order valence-electron chi connectivity index (χ0n) is 14.0. The fraction of sp³-hybridized carbons (Fsp3) is 0.190. The number of anilines is 1. The summed E-state index contributed by atoms with van der Waals surface area (Å²) in [6.45, 7) is 0. The Morgan fingerprint density at radius 2 is 1.69 bits per heavy atom. The number of rotatable bonds is 3. The molecule has 5 heteroatoms. The summed E-state index contributed by atoms with van der Waals surface area (Å²) in [4.78, 5) is 14.9. The summed E-state index contributed by atoms with van der Waals surface area (Å²) in [6, 6.07) is 17.8. The fourth-order valence-electron chi connectivity index (χ4n) is 3.51. The Morgan fingerprint density at radius 3 is 2.46 bits per heavy atom. The van der Waals surface area contributed by atoms with Gasteiger partial charge in [-0.1, -0.05) is 24.3 Å². The zero-order chi connectivity index (χ0) is 17.7. The molecule has 2 aromatic carbocycles. The van der Waals surface area contributed by atoms with E-state index in [-0.39, 0.29) is 23.9 Å². The van der Waals surface area contributed by atoms with Gasteiger partial charge in [-0.25, -0.2) is 4.39 Å². The molecule has 26 heavy (non-hydrogen) atoms. The van der Waals surface area contributed by atoms with Crippen LogP contribution in [0.3, 0.4) is 0 Å². The number of halogens is 1. The lowest BCUT2D eigenvalue weighted by atomic mass is 10.1. The van der Waals surface area contributed by atoms with Crippen molar-refractivity contribution in [1.29, 1.82) is 0 Å². The lowest BCUT2D eigenvalue weighted by molar-refractivity contribution is 0.0646. The van der Waals surface area contributed by atoms with Crippen LogP contribution in [0, 0.1) is 5.82 Å². The summed E-state index contributed by atoms with van der Waals surface area (Å²) < 4.78 is 20.0. The van der Waals surface area contributed by atoms with Gasteiger partial charge in [-0.2, -0.15) is 0 Å². The predicted molar refractivity (Wildman–Crippen MR) is 96.1 cm³/mol. The van der Waals surface area contributed by atoms with Crippen LogP contribution in [-0.2, 0) is 0 Å². The number of hydrogen-bond donors (Lipinski definition) is 1. The molecule has 1 aromatic heterocycles. The first kappa shape index (κ1) is 15.2. The minimum absolute atomic E-state index is 0.00990. The van der Waals surface area contributed by atoms with Gasteiger partial charge in [0.25, 0.3) is 5.91 Å². The Morgan fingerprint density at radius 1 is 0.962 bits per heavy atom. The largest absolute Gasteiger partial charge is 0.457 e. The smallest absolute Gasteiger partial charge is 0.258 e. The molecule has 0 saturated heterocycles. The fourth-order valence-corrected chi connectivity index (χ4v) is 3.51. The van der Waals surface area contributed by atoms with Crippen molar-refractivity contribution in [3.8, 4) is 11.3 Å². The Kier molecular flexibility index (Phi) is 3.35. The second kappa shape index (κ2) is 5.73. The number of hydrogen-bond acceptors (Lipinski definition) is 3. The minimum atomic E-state index is -0.384. The highest BCUT2D eigenvalue weighted by atomic mass is 19.1. The van der Waals surface area contributed by atoms with Crippen LogP contribution >= 0.6 is 0 Å². The molecular formula is C21H17FN2O2. The standard InChI is InChI=1S/C21H17FN2O2/c22-16-7-3-1-5-14(16)18-11-12-19(26-18)20-23-17-8-4-2-6-15(17)21(25)24(20)13-9-10-13/h1-8,11-13,20,23H,9-10H2/t20-/m1/s1. The molecule has 0 radical (unpaired) electrons. The average Bonchev–Trinajstić information content (AvgIpc) is 3.38. The maximum absolute atomic E-state index is 14.1. The summed E-state index contributed by atoms with van der Waals surface area (Å²) in [5, 5.41) is 3.41. The van der Waals surface area contributed by atoms with Crippen molar-refractivity contribution in [2.24, 2.45) is 0 Å². The number of nitrogens with one attached hydrogen (secondary N) is 1. The van der Waals surface area contributed by atoms with Gasteiger partial charge in [0.05, 0.1) is 11.1 Å². The molecule has 2 aliphatic rings. The molecule has 1 amide bonds.